The van der Waals surface area contributed by atoms with E-state index in [2.05, 4.69) is 20.0 Å². The van der Waals surface area contributed by atoms with Crippen molar-refractivity contribution >= 4 is 39.0 Å². The van der Waals surface area contributed by atoms with Crippen LogP contribution in [-0.2, 0) is 6.54 Å². The van der Waals surface area contributed by atoms with Crippen LogP contribution in [-0.4, -0.2) is 42.8 Å². The number of aromatic nitrogens is 2. The molecule has 5 N–H and O–H groups in total. The molecule has 0 aliphatic carbocycles. The fourth-order valence-corrected chi connectivity index (χ4v) is 4.80. The quantitative estimate of drug-likeness (QED) is 0.377. The van der Waals surface area contributed by atoms with Crippen LogP contribution < -0.4 is 16.2 Å². The molecule has 0 fully saturated rings. The van der Waals surface area contributed by atoms with Gasteiger partial charge in [-0.2, -0.15) is 0 Å². The molecule has 0 bridgehead atoms. The number of hydrogen-bond acceptors (Lipinski definition) is 8. The van der Waals surface area contributed by atoms with Gasteiger partial charge in [0.05, 0.1) is 18.0 Å². The number of nitrogens with one attached hydrogen (secondary N) is 2. The van der Waals surface area contributed by atoms with E-state index in [1.165, 1.54) is 0 Å². The van der Waals surface area contributed by atoms with E-state index in [0.29, 0.717) is 29.0 Å². The van der Waals surface area contributed by atoms with E-state index in [9.17, 15) is 19.0 Å². The number of hydrogen-bond donors (Lipinski definition) is 5. The number of unbranched alkanes of at least 4 members (excludes halogenated alkanes) is 1. The van der Waals surface area contributed by atoms with Crippen LogP contribution in [0.1, 0.15) is 25.3 Å². The molecule has 3 heterocycles. The Morgan fingerprint density at radius 3 is 2.77 bits per heavy atom. The summed E-state index contributed by atoms with van der Waals surface area (Å²) in [6, 6.07) is 10.4. The smallest absolute Gasteiger partial charge is 0.265 e. The minimum Gasteiger partial charge on any atom is -0.395 e. The van der Waals surface area contributed by atoms with Crippen LogP contribution in [0.4, 0.5) is 11.4 Å². The van der Waals surface area contributed by atoms with E-state index in [-0.39, 0.29) is 35.0 Å². The number of aliphatic hydroxyl groups is 1. The number of pyridine rings is 2. The molecule has 0 unspecified atom stereocenters. The van der Waals surface area contributed by atoms with E-state index in [1.807, 2.05) is 13.0 Å². The second kappa shape index (κ2) is 8.67. The second-order valence-corrected chi connectivity index (χ2v) is 8.83. The molecule has 10 heteroatoms. The van der Waals surface area contributed by atoms with Gasteiger partial charge in [-0.05, 0) is 30.7 Å². The van der Waals surface area contributed by atoms with E-state index in [0.717, 1.165) is 12.8 Å². The van der Waals surface area contributed by atoms with E-state index >= 15 is 0 Å². The first kappa shape index (κ1) is 21.3. The van der Waals surface area contributed by atoms with Crippen molar-refractivity contribution in [3.8, 4) is 0 Å². The first-order chi connectivity index (χ1) is 15.0. The van der Waals surface area contributed by atoms with Crippen molar-refractivity contribution in [3.05, 3.63) is 58.5 Å². The lowest BCUT2D eigenvalue weighted by molar-refractivity contribution is 0.311. The van der Waals surface area contributed by atoms with Crippen molar-refractivity contribution in [1.82, 2.24) is 9.55 Å². The Balaban J connectivity index is 2.00. The van der Waals surface area contributed by atoms with Crippen LogP contribution in [0.25, 0.3) is 11.0 Å². The first-order valence-electron chi connectivity index (χ1n) is 10.1. The summed E-state index contributed by atoms with van der Waals surface area (Å²) < 4.78 is 27.1. The van der Waals surface area contributed by atoms with Crippen LogP contribution in [0.5, 0.6) is 0 Å². The van der Waals surface area contributed by atoms with Gasteiger partial charge in [0.25, 0.3) is 5.56 Å². The summed E-state index contributed by atoms with van der Waals surface area (Å²) in [5, 5.41) is 16.2. The van der Waals surface area contributed by atoms with Gasteiger partial charge in [-0.15, -0.1) is 4.40 Å². The molecule has 164 valence electrons. The van der Waals surface area contributed by atoms with Crippen LogP contribution in [0, 0.1) is 0 Å². The topological polar surface area (TPSA) is 132 Å². The zero-order valence-corrected chi connectivity index (χ0v) is 17.9. The zero-order chi connectivity index (χ0) is 22.0. The van der Waals surface area contributed by atoms with Gasteiger partial charge in [0.1, 0.15) is 16.1 Å². The van der Waals surface area contributed by atoms with Crippen molar-refractivity contribution in [3.63, 3.8) is 0 Å². The maximum Gasteiger partial charge on any atom is 0.265 e. The first-order valence-corrected chi connectivity index (χ1v) is 11.6. The van der Waals surface area contributed by atoms with Gasteiger partial charge in [-0.25, -0.2) is 4.98 Å². The molecule has 1 aromatic carbocycles. The predicted octanol–water partition coefficient (Wildman–Crippen LogP) is 3.50. The molecular weight excluding hydrogens is 418 g/mol. The number of rotatable bonds is 7. The normalized spacial score (nSPS) is 15.7. The van der Waals surface area contributed by atoms with Gasteiger partial charge in [0.2, 0.25) is 0 Å². The van der Waals surface area contributed by atoms with Gasteiger partial charge >= 0.3 is 0 Å². The number of para-hydroxylation sites is 1. The van der Waals surface area contributed by atoms with Gasteiger partial charge < -0.3 is 15.7 Å². The molecule has 3 aromatic rings. The monoisotopic (exact) mass is 443 g/mol. The number of benzene rings is 1. The number of nitrogens with zero attached hydrogens (tertiary/aromatic N) is 3. The molecule has 2 aromatic heterocycles. The lowest BCUT2D eigenvalue weighted by Gasteiger charge is -2.34. The third kappa shape index (κ3) is 3.90. The molecule has 0 saturated carbocycles. The molecule has 0 atom stereocenters. The molecular formula is C21H25N5O4S. The third-order valence-electron chi connectivity index (χ3n) is 5.06. The summed E-state index contributed by atoms with van der Waals surface area (Å²) in [7, 11) is -3.49. The third-order valence-corrected chi connectivity index (χ3v) is 6.44. The summed E-state index contributed by atoms with van der Waals surface area (Å²) in [4.78, 5) is 18.3. The zero-order valence-electron chi connectivity index (χ0n) is 17.1. The highest BCUT2D eigenvalue weighted by molar-refractivity contribution is 8.23. The lowest BCUT2D eigenvalue weighted by Crippen LogP contribution is -2.34. The van der Waals surface area contributed by atoms with Crippen molar-refractivity contribution in [2.75, 3.05) is 23.8 Å². The Kier molecular flexibility index (Phi) is 5.96. The Labute approximate surface area is 181 Å². The van der Waals surface area contributed by atoms with Crippen LogP contribution in [0.3, 0.4) is 0 Å². The minimum absolute atomic E-state index is 0.0696. The molecule has 0 spiro atoms. The fourth-order valence-electron chi connectivity index (χ4n) is 3.63. The largest absolute Gasteiger partial charge is 0.395 e. The number of amidine groups is 1. The molecule has 0 amide bonds. The molecule has 1 aliphatic rings. The van der Waals surface area contributed by atoms with Crippen LogP contribution in [0.2, 0.25) is 0 Å². The lowest BCUT2D eigenvalue weighted by atomic mass is 10.1. The molecule has 0 saturated heterocycles. The van der Waals surface area contributed by atoms with E-state index in [4.69, 9.17) is 0 Å². The van der Waals surface area contributed by atoms with Crippen molar-refractivity contribution in [2.24, 2.45) is 4.40 Å². The molecule has 4 rings (SSSR count). The SMILES string of the molecule is CCCCn1c(=O)c(C2=NS(O)(O)c3ccccc3N2)c(NCCO)c2cccnc21. The van der Waals surface area contributed by atoms with Crippen molar-refractivity contribution in [1.29, 1.82) is 0 Å². The Morgan fingerprint density at radius 1 is 1.19 bits per heavy atom. The summed E-state index contributed by atoms with van der Waals surface area (Å²) in [6.45, 7) is 2.57. The number of aliphatic hydroxyl groups excluding tert-OH is 1. The molecule has 0 radical (unpaired) electrons. The van der Waals surface area contributed by atoms with Crippen LogP contribution >= 0.6 is 10.8 Å². The summed E-state index contributed by atoms with van der Waals surface area (Å²) in [5.41, 5.74) is 1.27. The summed E-state index contributed by atoms with van der Waals surface area (Å²) >= 11 is 0. The maximum absolute atomic E-state index is 13.6. The van der Waals surface area contributed by atoms with Gasteiger partial charge in [-0.1, -0.05) is 36.3 Å². The van der Waals surface area contributed by atoms with E-state index < -0.39 is 10.8 Å². The van der Waals surface area contributed by atoms with Crippen molar-refractivity contribution in [2.45, 2.75) is 31.2 Å². The Morgan fingerprint density at radius 2 is 2.00 bits per heavy atom. The highest BCUT2D eigenvalue weighted by atomic mass is 32.3. The minimum atomic E-state index is -3.49. The summed E-state index contributed by atoms with van der Waals surface area (Å²) in [6.07, 6.45) is 3.31. The second-order valence-electron chi connectivity index (χ2n) is 7.17. The highest BCUT2D eigenvalue weighted by Gasteiger charge is 2.30. The predicted molar refractivity (Wildman–Crippen MR) is 124 cm³/mol. The Bertz CT molecular complexity index is 1210. The molecule has 31 heavy (non-hydrogen) atoms. The van der Waals surface area contributed by atoms with Gasteiger partial charge in [0.15, 0.2) is 5.84 Å². The average Bonchev–Trinajstić information content (AvgIpc) is 2.76. The van der Waals surface area contributed by atoms with Crippen LogP contribution in [0.15, 0.2) is 56.7 Å². The number of fused-ring (bicyclic) bond motifs is 2. The van der Waals surface area contributed by atoms with Gasteiger partial charge in [0, 0.05) is 24.7 Å². The maximum atomic E-state index is 13.6. The molecule has 1 aliphatic heterocycles. The summed E-state index contributed by atoms with van der Waals surface area (Å²) in [5.74, 6) is 0.0696. The Hall–Kier alpha value is -2.92. The number of aryl methyl sites for hydroxylation is 1. The average molecular weight is 444 g/mol. The highest BCUT2D eigenvalue weighted by Crippen LogP contribution is 2.55. The van der Waals surface area contributed by atoms with Gasteiger partial charge in [-0.3, -0.25) is 18.5 Å². The van der Waals surface area contributed by atoms with Crippen molar-refractivity contribution < 1.29 is 14.2 Å². The fraction of sp³-hybridized carbons (Fsp3) is 0.286. The molecule has 9 nitrogen and oxygen atoms in total. The van der Waals surface area contributed by atoms with E-state index in [1.54, 1.807) is 41.1 Å². The number of anilines is 2. The standard InChI is InChI=1S/C21H25N5O4S/c1-2-3-12-26-20-14(7-6-10-23-20)18(22-11-13-27)17(21(26)28)19-24-15-8-4-5-9-16(15)31(29,30)25-19/h4-10,22,27,29-30H,2-3,11-13H2,1H3,(H,24,25).